The maximum absolute atomic E-state index is 2.36. The van der Waals surface area contributed by atoms with Gasteiger partial charge in [0.05, 0.1) is 0 Å². The standard InChI is InChI=1S/C7H6I2/c8-6-3-1-2-4-7(9)5-6/h1-4H,5H2. The molecule has 0 bridgehead atoms. The molecule has 0 atom stereocenters. The van der Waals surface area contributed by atoms with Crippen LogP contribution in [0, 0.1) is 0 Å². The summed E-state index contributed by atoms with van der Waals surface area (Å²) in [6, 6.07) is 0. The first-order chi connectivity index (χ1) is 4.29. The van der Waals surface area contributed by atoms with Crippen molar-refractivity contribution in [3.05, 3.63) is 31.5 Å². The Morgan fingerprint density at radius 1 is 1.00 bits per heavy atom. The molecule has 0 radical (unpaired) electrons. The fourth-order valence-corrected chi connectivity index (χ4v) is 2.57. The van der Waals surface area contributed by atoms with Crippen LogP contribution in [-0.4, -0.2) is 0 Å². The van der Waals surface area contributed by atoms with Crippen molar-refractivity contribution in [1.29, 1.82) is 0 Å². The molecule has 0 aromatic heterocycles. The number of rotatable bonds is 0. The highest BCUT2D eigenvalue weighted by Gasteiger charge is 1.95. The first-order valence-electron chi connectivity index (χ1n) is 2.66. The minimum absolute atomic E-state index is 1.11. The van der Waals surface area contributed by atoms with Gasteiger partial charge >= 0.3 is 0 Å². The summed E-state index contributed by atoms with van der Waals surface area (Å²) in [5, 5.41) is 0. The van der Waals surface area contributed by atoms with Gasteiger partial charge in [0.25, 0.3) is 0 Å². The predicted molar refractivity (Wildman–Crippen MR) is 58.0 cm³/mol. The lowest BCUT2D eigenvalue weighted by Crippen LogP contribution is -1.68. The maximum atomic E-state index is 2.36. The summed E-state index contributed by atoms with van der Waals surface area (Å²) in [4.78, 5) is 0. The molecule has 0 amide bonds. The van der Waals surface area contributed by atoms with Crippen LogP contribution in [-0.2, 0) is 0 Å². The van der Waals surface area contributed by atoms with Gasteiger partial charge in [0, 0.05) is 6.42 Å². The van der Waals surface area contributed by atoms with Crippen LogP contribution in [0.4, 0.5) is 0 Å². The second-order valence-corrected chi connectivity index (χ2v) is 4.56. The van der Waals surface area contributed by atoms with Gasteiger partial charge < -0.3 is 0 Å². The van der Waals surface area contributed by atoms with Gasteiger partial charge in [-0.1, -0.05) is 24.3 Å². The van der Waals surface area contributed by atoms with Gasteiger partial charge in [-0.05, 0) is 52.3 Å². The molecule has 2 heteroatoms. The first-order valence-corrected chi connectivity index (χ1v) is 4.82. The predicted octanol–water partition coefficient (Wildman–Crippen LogP) is 3.58. The van der Waals surface area contributed by atoms with E-state index in [-0.39, 0.29) is 0 Å². The molecule has 0 fully saturated rings. The molecular weight excluding hydrogens is 338 g/mol. The quantitative estimate of drug-likeness (QED) is 0.590. The first kappa shape index (κ1) is 7.78. The summed E-state index contributed by atoms with van der Waals surface area (Å²) < 4.78 is 2.81. The number of allylic oxidation sites excluding steroid dienone is 6. The van der Waals surface area contributed by atoms with Gasteiger partial charge in [-0.15, -0.1) is 0 Å². The molecule has 1 aliphatic rings. The normalized spacial score (nSPS) is 18.4. The van der Waals surface area contributed by atoms with Crippen LogP contribution < -0.4 is 0 Å². The van der Waals surface area contributed by atoms with E-state index in [1.807, 2.05) is 0 Å². The molecule has 0 spiro atoms. The summed E-state index contributed by atoms with van der Waals surface area (Å²) in [6.07, 6.45) is 9.54. The van der Waals surface area contributed by atoms with Gasteiger partial charge in [-0.25, -0.2) is 0 Å². The van der Waals surface area contributed by atoms with Gasteiger partial charge in [0.1, 0.15) is 0 Å². The molecule has 0 aromatic rings. The summed E-state index contributed by atoms with van der Waals surface area (Å²) in [6.45, 7) is 0. The molecule has 0 saturated heterocycles. The number of hydrogen-bond donors (Lipinski definition) is 0. The van der Waals surface area contributed by atoms with E-state index in [2.05, 4.69) is 69.5 Å². The Bertz CT molecular complexity index is 167. The van der Waals surface area contributed by atoms with Crippen LogP contribution in [0.5, 0.6) is 0 Å². The van der Waals surface area contributed by atoms with E-state index < -0.39 is 0 Å². The van der Waals surface area contributed by atoms with E-state index in [9.17, 15) is 0 Å². The topological polar surface area (TPSA) is 0 Å². The van der Waals surface area contributed by atoms with E-state index in [1.165, 1.54) is 7.16 Å². The molecule has 0 saturated carbocycles. The van der Waals surface area contributed by atoms with Crippen molar-refractivity contribution in [2.45, 2.75) is 6.42 Å². The molecule has 0 heterocycles. The minimum Gasteiger partial charge on any atom is -0.0615 e. The largest absolute Gasteiger partial charge is 0.0615 e. The lowest BCUT2D eigenvalue weighted by atomic mass is 10.4. The SMILES string of the molecule is IC1=CC=CC=C(I)C1. The summed E-state index contributed by atoms with van der Waals surface area (Å²) in [5.74, 6) is 0. The van der Waals surface area contributed by atoms with E-state index in [0.717, 1.165) is 6.42 Å². The Labute approximate surface area is 82.4 Å². The van der Waals surface area contributed by atoms with Crippen molar-refractivity contribution in [1.82, 2.24) is 0 Å². The highest BCUT2D eigenvalue weighted by atomic mass is 127. The van der Waals surface area contributed by atoms with Crippen LogP contribution in [0.1, 0.15) is 6.42 Å². The molecule has 0 aliphatic heterocycles. The molecule has 1 aliphatic carbocycles. The Morgan fingerprint density at radius 2 is 1.44 bits per heavy atom. The van der Waals surface area contributed by atoms with E-state index in [4.69, 9.17) is 0 Å². The molecule has 48 valence electrons. The van der Waals surface area contributed by atoms with Crippen molar-refractivity contribution in [3.63, 3.8) is 0 Å². The average molecular weight is 344 g/mol. The van der Waals surface area contributed by atoms with Crippen molar-refractivity contribution in [2.24, 2.45) is 0 Å². The lowest BCUT2D eigenvalue weighted by molar-refractivity contribution is 1.38. The monoisotopic (exact) mass is 344 g/mol. The third-order valence-electron chi connectivity index (χ3n) is 1.00. The Morgan fingerprint density at radius 3 is 1.89 bits per heavy atom. The minimum atomic E-state index is 1.11. The van der Waals surface area contributed by atoms with Crippen molar-refractivity contribution < 1.29 is 0 Å². The lowest BCUT2D eigenvalue weighted by Gasteiger charge is -1.92. The van der Waals surface area contributed by atoms with Crippen LogP contribution in [0.25, 0.3) is 0 Å². The van der Waals surface area contributed by atoms with Gasteiger partial charge in [-0.2, -0.15) is 0 Å². The second-order valence-electron chi connectivity index (χ2n) is 1.79. The van der Waals surface area contributed by atoms with E-state index in [1.54, 1.807) is 0 Å². The van der Waals surface area contributed by atoms with Gasteiger partial charge in [0.15, 0.2) is 0 Å². The third kappa shape index (κ3) is 2.84. The zero-order chi connectivity index (χ0) is 6.69. The summed E-state index contributed by atoms with van der Waals surface area (Å²) in [7, 11) is 0. The van der Waals surface area contributed by atoms with Crippen LogP contribution >= 0.6 is 45.2 Å². The molecule has 0 nitrogen and oxygen atoms in total. The maximum Gasteiger partial charge on any atom is 0.00907 e. The van der Waals surface area contributed by atoms with Crippen molar-refractivity contribution >= 4 is 45.2 Å². The molecule has 0 N–H and O–H groups in total. The number of halogens is 2. The Balaban J connectivity index is 2.77. The van der Waals surface area contributed by atoms with E-state index in [0.29, 0.717) is 0 Å². The zero-order valence-corrected chi connectivity index (χ0v) is 9.09. The zero-order valence-electron chi connectivity index (χ0n) is 4.77. The molecule has 9 heavy (non-hydrogen) atoms. The number of hydrogen-bond acceptors (Lipinski definition) is 0. The highest BCUT2D eigenvalue weighted by Crippen LogP contribution is 2.23. The fourth-order valence-electron chi connectivity index (χ4n) is 0.599. The second kappa shape index (κ2) is 3.75. The summed E-state index contributed by atoms with van der Waals surface area (Å²) in [5.41, 5.74) is 0. The van der Waals surface area contributed by atoms with Crippen LogP contribution in [0.2, 0.25) is 0 Å². The molecule has 1 rings (SSSR count). The third-order valence-corrected chi connectivity index (χ3v) is 2.48. The van der Waals surface area contributed by atoms with Crippen LogP contribution in [0.15, 0.2) is 31.5 Å². The van der Waals surface area contributed by atoms with Gasteiger partial charge in [-0.3, -0.25) is 0 Å². The summed E-state index contributed by atoms with van der Waals surface area (Å²) >= 11 is 4.72. The van der Waals surface area contributed by atoms with Crippen molar-refractivity contribution in [3.8, 4) is 0 Å². The Hall–Kier alpha value is 0.680. The molecule has 0 unspecified atom stereocenters. The van der Waals surface area contributed by atoms with Gasteiger partial charge in [0.2, 0.25) is 0 Å². The molecular formula is C7H6I2. The average Bonchev–Trinajstić information content (AvgIpc) is 1.93. The molecule has 0 aromatic carbocycles. The fraction of sp³-hybridized carbons (Fsp3) is 0.143. The van der Waals surface area contributed by atoms with E-state index >= 15 is 0 Å². The van der Waals surface area contributed by atoms with Crippen LogP contribution in [0.3, 0.4) is 0 Å². The highest BCUT2D eigenvalue weighted by molar-refractivity contribution is 14.1. The Kier molecular flexibility index (Phi) is 3.25. The van der Waals surface area contributed by atoms with Crippen molar-refractivity contribution in [2.75, 3.05) is 0 Å². The smallest absolute Gasteiger partial charge is 0.00907 e.